The first kappa shape index (κ1) is 22.5. The summed E-state index contributed by atoms with van der Waals surface area (Å²) in [4.78, 5) is 25.2. The summed E-state index contributed by atoms with van der Waals surface area (Å²) < 4.78 is 50.9. The number of ether oxygens (including phenoxy) is 2. The molecule has 1 aliphatic rings. The molecule has 0 aromatic heterocycles. The van der Waals surface area contributed by atoms with E-state index in [1.807, 2.05) is 0 Å². The molecule has 1 aromatic rings. The maximum absolute atomic E-state index is 13.7. The fourth-order valence-electron chi connectivity index (χ4n) is 3.01. The highest BCUT2D eigenvalue weighted by Crippen LogP contribution is 2.44. The first-order valence-electron chi connectivity index (χ1n) is 8.57. The molecule has 0 saturated carbocycles. The molecule has 0 amide bonds. The van der Waals surface area contributed by atoms with Gasteiger partial charge in [0.25, 0.3) is 0 Å². The van der Waals surface area contributed by atoms with Crippen molar-refractivity contribution >= 4 is 11.9 Å². The second kappa shape index (κ2) is 8.70. The van der Waals surface area contributed by atoms with Crippen molar-refractivity contribution in [3.8, 4) is 12.1 Å². The predicted octanol–water partition coefficient (Wildman–Crippen LogP) is 3.07. The van der Waals surface area contributed by atoms with Crippen molar-refractivity contribution in [1.29, 1.82) is 10.5 Å². The van der Waals surface area contributed by atoms with Crippen molar-refractivity contribution in [2.75, 3.05) is 7.11 Å². The summed E-state index contributed by atoms with van der Waals surface area (Å²) in [5, 5.41) is 21.3. The van der Waals surface area contributed by atoms with Gasteiger partial charge < -0.3 is 14.8 Å². The Kier molecular flexibility index (Phi) is 6.53. The molecule has 0 radical (unpaired) electrons. The number of hydrogen-bond donors (Lipinski definition) is 1. The molecule has 7 nitrogen and oxygen atoms in total. The fourth-order valence-corrected chi connectivity index (χ4v) is 3.01. The van der Waals surface area contributed by atoms with E-state index >= 15 is 0 Å². The van der Waals surface area contributed by atoms with Crippen molar-refractivity contribution in [3.05, 3.63) is 57.9 Å². The Morgan fingerprint density at radius 1 is 1.07 bits per heavy atom. The summed E-state index contributed by atoms with van der Waals surface area (Å²) in [5.41, 5.74) is -3.69. The van der Waals surface area contributed by atoms with Gasteiger partial charge in [0.15, 0.2) is 0 Å². The van der Waals surface area contributed by atoms with Gasteiger partial charge in [-0.05, 0) is 25.5 Å². The minimum atomic E-state index is -4.84. The Labute approximate surface area is 170 Å². The maximum atomic E-state index is 13.7. The summed E-state index contributed by atoms with van der Waals surface area (Å²) in [6.45, 7) is 3.02. The van der Waals surface area contributed by atoms with Crippen LogP contribution in [0.15, 0.2) is 46.8 Å². The molecule has 0 saturated heterocycles. The average molecular weight is 419 g/mol. The number of dihydropyridines is 1. The van der Waals surface area contributed by atoms with E-state index in [-0.39, 0.29) is 0 Å². The van der Waals surface area contributed by atoms with Crippen molar-refractivity contribution in [2.45, 2.75) is 32.0 Å². The molecule has 1 unspecified atom stereocenters. The normalized spacial score (nSPS) is 16.5. The number of nitriles is 2. The number of allylic oxidation sites excluding steroid dienone is 2. The van der Waals surface area contributed by atoms with E-state index in [0.717, 1.165) is 25.3 Å². The standard InChI is InChI=1S/C20H16F3N3O4/c1-10(2)30-19(28)17-14(9-25)26-13(8-24)16(18(27)29-3)15(17)11-6-4-5-7-12(11)20(21,22)23/h4-7,10,15,26H,1-3H3. The Hall–Kier alpha value is -3.79. The highest BCUT2D eigenvalue weighted by atomic mass is 19.4. The molecule has 156 valence electrons. The first-order chi connectivity index (χ1) is 14.1. The van der Waals surface area contributed by atoms with E-state index in [1.165, 1.54) is 19.9 Å². The summed E-state index contributed by atoms with van der Waals surface area (Å²) in [7, 11) is 0.979. The third kappa shape index (κ3) is 4.28. The molecular weight excluding hydrogens is 403 g/mol. The van der Waals surface area contributed by atoms with Crippen LogP contribution in [0, 0.1) is 22.7 Å². The second-order valence-electron chi connectivity index (χ2n) is 6.39. The summed E-state index contributed by atoms with van der Waals surface area (Å²) in [5.74, 6) is -3.95. The largest absolute Gasteiger partial charge is 0.466 e. The van der Waals surface area contributed by atoms with Crippen LogP contribution in [0.5, 0.6) is 0 Å². The Bertz CT molecular complexity index is 1030. The van der Waals surface area contributed by atoms with Gasteiger partial charge >= 0.3 is 18.1 Å². The number of rotatable bonds is 4. The molecular formula is C20H16F3N3O4. The van der Waals surface area contributed by atoms with Gasteiger partial charge in [-0.15, -0.1) is 0 Å². The molecule has 30 heavy (non-hydrogen) atoms. The molecule has 0 aliphatic carbocycles. The van der Waals surface area contributed by atoms with Gasteiger partial charge in [0.1, 0.15) is 23.5 Å². The number of carbonyl (C=O) groups excluding carboxylic acids is 2. The zero-order valence-electron chi connectivity index (χ0n) is 16.1. The highest BCUT2D eigenvalue weighted by Gasteiger charge is 2.44. The van der Waals surface area contributed by atoms with E-state index in [0.29, 0.717) is 0 Å². The maximum Gasteiger partial charge on any atom is 0.416 e. The number of hydrogen-bond acceptors (Lipinski definition) is 7. The van der Waals surface area contributed by atoms with E-state index in [1.54, 1.807) is 12.1 Å². The molecule has 1 heterocycles. The van der Waals surface area contributed by atoms with Gasteiger partial charge in [-0.25, -0.2) is 9.59 Å². The van der Waals surface area contributed by atoms with Crippen LogP contribution < -0.4 is 5.32 Å². The van der Waals surface area contributed by atoms with Crippen molar-refractivity contribution in [3.63, 3.8) is 0 Å². The fraction of sp³-hybridized carbons (Fsp3) is 0.300. The monoisotopic (exact) mass is 419 g/mol. The van der Waals surface area contributed by atoms with Crippen molar-refractivity contribution in [1.82, 2.24) is 5.32 Å². The molecule has 0 bridgehead atoms. The van der Waals surface area contributed by atoms with Crippen LogP contribution >= 0.6 is 0 Å². The van der Waals surface area contributed by atoms with Crippen LogP contribution in [0.3, 0.4) is 0 Å². The number of nitrogens with one attached hydrogen (secondary N) is 1. The number of halogens is 3. The Morgan fingerprint density at radius 2 is 1.60 bits per heavy atom. The topological polar surface area (TPSA) is 112 Å². The van der Waals surface area contributed by atoms with E-state index in [2.05, 4.69) is 10.1 Å². The second-order valence-corrected chi connectivity index (χ2v) is 6.39. The molecule has 10 heteroatoms. The quantitative estimate of drug-likeness (QED) is 0.747. The van der Waals surface area contributed by atoms with Crippen LogP contribution in [-0.4, -0.2) is 25.2 Å². The predicted molar refractivity (Wildman–Crippen MR) is 95.8 cm³/mol. The highest BCUT2D eigenvalue weighted by molar-refractivity contribution is 6.01. The van der Waals surface area contributed by atoms with Gasteiger partial charge in [-0.1, -0.05) is 18.2 Å². The van der Waals surface area contributed by atoms with Gasteiger partial charge in [-0.3, -0.25) is 0 Å². The third-order valence-corrected chi connectivity index (χ3v) is 4.13. The lowest BCUT2D eigenvalue weighted by molar-refractivity contribution is -0.144. The van der Waals surface area contributed by atoms with E-state index in [4.69, 9.17) is 4.74 Å². The van der Waals surface area contributed by atoms with E-state index in [9.17, 15) is 33.3 Å². The number of alkyl halides is 3. The number of methoxy groups -OCH3 is 1. The first-order valence-corrected chi connectivity index (χ1v) is 8.57. The molecule has 1 aromatic carbocycles. The van der Waals surface area contributed by atoms with E-state index < -0.39 is 63.8 Å². The average Bonchev–Trinajstić information content (AvgIpc) is 2.70. The van der Waals surface area contributed by atoms with Crippen molar-refractivity contribution < 1.29 is 32.2 Å². The molecule has 1 N–H and O–H groups in total. The molecule has 2 rings (SSSR count). The zero-order chi connectivity index (χ0) is 22.6. The smallest absolute Gasteiger partial charge is 0.416 e. The number of nitrogens with zero attached hydrogens (tertiary/aromatic N) is 2. The van der Waals surface area contributed by atoms with Crippen LogP contribution in [0.1, 0.15) is 30.9 Å². The Morgan fingerprint density at radius 3 is 2.07 bits per heavy atom. The van der Waals surface area contributed by atoms with Crippen molar-refractivity contribution in [2.24, 2.45) is 0 Å². The zero-order valence-corrected chi connectivity index (χ0v) is 16.1. The number of benzene rings is 1. The van der Waals surface area contributed by atoms with Gasteiger partial charge in [0.05, 0.1) is 35.8 Å². The molecule has 1 atom stereocenters. The van der Waals surface area contributed by atoms with Crippen LogP contribution in [0.4, 0.5) is 13.2 Å². The SMILES string of the molecule is COC(=O)C1=C(C#N)NC(C#N)=C(C(=O)OC(C)C)C1c1ccccc1C(F)(F)F. The lowest BCUT2D eigenvalue weighted by Gasteiger charge is -2.30. The van der Waals surface area contributed by atoms with Crippen LogP contribution in [0.2, 0.25) is 0 Å². The summed E-state index contributed by atoms with van der Waals surface area (Å²) in [6.07, 6.45) is -5.50. The minimum absolute atomic E-state index is 0.494. The third-order valence-electron chi connectivity index (χ3n) is 4.13. The summed E-state index contributed by atoms with van der Waals surface area (Å²) in [6, 6.07) is 7.56. The lowest BCUT2D eigenvalue weighted by atomic mass is 9.78. The van der Waals surface area contributed by atoms with Crippen LogP contribution in [-0.2, 0) is 25.2 Å². The van der Waals surface area contributed by atoms with Crippen LogP contribution in [0.25, 0.3) is 0 Å². The molecule has 0 fully saturated rings. The Balaban J connectivity index is 2.93. The lowest BCUT2D eigenvalue weighted by Crippen LogP contribution is -2.34. The number of carbonyl (C=O) groups is 2. The minimum Gasteiger partial charge on any atom is -0.466 e. The van der Waals surface area contributed by atoms with Gasteiger partial charge in [0, 0.05) is 0 Å². The molecule has 1 aliphatic heterocycles. The summed E-state index contributed by atoms with van der Waals surface area (Å²) >= 11 is 0. The van der Waals surface area contributed by atoms with Gasteiger partial charge in [-0.2, -0.15) is 23.7 Å². The number of esters is 2. The molecule has 0 spiro atoms. The van der Waals surface area contributed by atoms with Gasteiger partial charge in [0.2, 0.25) is 0 Å².